The van der Waals surface area contributed by atoms with Crippen molar-refractivity contribution in [1.29, 1.82) is 0 Å². The van der Waals surface area contributed by atoms with E-state index in [2.05, 4.69) is 176 Å². The first kappa shape index (κ1) is 33.7. The first-order chi connectivity index (χ1) is 28.6. The summed E-state index contributed by atoms with van der Waals surface area (Å²) in [6.45, 7) is 4.75. The third-order valence-corrected chi connectivity index (χ3v) is 11.5. The molecule has 3 heteroatoms. The molecule has 0 N–H and O–H groups in total. The lowest BCUT2D eigenvalue weighted by Gasteiger charge is -2.26. The van der Waals surface area contributed by atoms with Crippen molar-refractivity contribution in [2.45, 2.75) is 5.92 Å². The minimum atomic E-state index is -0.155. The maximum Gasteiger partial charge on any atom is 0.135 e. The number of allylic oxidation sites excluding steroid dienone is 2. The third kappa shape index (κ3) is 5.84. The highest BCUT2D eigenvalue weighted by atomic mass is 16.3. The molecule has 10 aromatic rings. The molecule has 1 aliphatic rings. The van der Waals surface area contributed by atoms with E-state index in [1.54, 1.807) is 0 Å². The Morgan fingerprint density at radius 1 is 0.466 bits per heavy atom. The van der Waals surface area contributed by atoms with Gasteiger partial charge in [0.2, 0.25) is 0 Å². The maximum absolute atomic E-state index is 6.26. The van der Waals surface area contributed by atoms with Crippen LogP contribution < -0.4 is 0 Å². The number of nitrogens with zero attached hydrogens (tertiary/aromatic N) is 2. The predicted octanol–water partition coefficient (Wildman–Crippen LogP) is 14.5. The van der Waals surface area contributed by atoms with Crippen molar-refractivity contribution < 1.29 is 4.42 Å². The molecule has 2 aromatic heterocycles. The van der Waals surface area contributed by atoms with Crippen molar-refractivity contribution in [2.75, 3.05) is 0 Å². The molecule has 272 valence electrons. The summed E-state index contributed by atoms with van der Waals surface area (Å²) >= 11 is 0. The van der Waals surface area contributed by atoms with Crippen LogP contribution >= 0.6 is 0 Å². The zero-order chi connectivity index (χ0) is 38.6. The average Bonchev–Trinajstić information content (AvgIpc) is 3.67. The second kappa shape index (κ2) is 13.8. The molecule has 3 nitrogen and oxygen atoms in total. The topological polar surface area (TPSA) is 38.4 Å². The molecule has 0 aliphatic carbocycles. The molecule has 1 aliphatic heterocycles. The van der Waals surface area contributed by atoms with Crippen molar-refractivity contribution in [3.05, 3.63) is 229 Å². The molecular formula is C55H36N2O. The zero-order valence-corrected chi connectivity index (χ0v) is 31.6. The Kier molecular flexibility index (Phi) is 8.04. The van der Waals surface area contributed by atoms with Crippen LogP contribution in [0, 0.1) is 0 Å². The van der Waals surface area contributed by atoms with Crippen LogP contribution in [0.15, 0.2) is 222 Å². The second-order valence-electron chi connectivity index (χ2n) is 15.0. The van der Waals surface area contributed by atoms with Gasteiger partial charge < -0.3 is 4.42 Å². The van der Waals surface area contributed by atoms with Crippen molar-refractivity contribution in [2.24, 2.45) is 4.99 Å². The highest BCUT2D eigenvalue weighted by molar-refractivity contribution is 6.17. The number of hydrogen-bond donors (Lipinski definition) is 0. The summed E-state index contributed by atoms with van der Waals surface area (Å²) in [6.07, 6.45) is 2.27. The molecule has 0 bridgehead atoms. The van der Waals surface area contributed by atoms with Gasteiger partial charge in [-0.2, -0.15) is 0 Å². The molecule has 11 rings (SSSR count). The summed E-state index contributed by atoms with van der Waals surface area (Å²) in [4.78, 5) is 10.7. The molecule has 8 aromatic carbocycles. The van der Waals surface area contributed by atoms with E-state index in [1.807, 2.05) is 24.3 Å². The van der Waals surface area contributed by atoms with Gasteiger partial charge in [0.1, 0.15) is 11.2 Å². The number of pyridine rings is 1. The standard InChI is InChI=1S/C55H36N2O/c1-35-46(33-50(38-18-7-3-8-19-38)57-55(35)39-20-9-4-10-21-39)42-29-41(40-26-28-53-48(32-40)45-23-13-14-24-52(45)58-53)30-43(31-42)51-34-47(36-15-5-2-6-16-36)54-44-22-12-11-17-37(44)25-27-49(54)56-51/h2-34,46H,1H2. The minimum absolute atomic E-state index is 0.155. The number of benzene rings is 8. The van der Waals surface area contributed by atoms with Crippen LogP contribution in [0.2, 0.25) is 0 Å². The highest BCUT2D eigenvalue weighted by Crippen LogP contribution is 2.42. The number of aliphatic imine (C=N–C) groups is 1. The molecule has 0 fully saturated rings. The first-order valence-electron chi connectivity index (χ1n) is 19.7. The summed E-state index contributed by atoms with van der Waals surface area (Å²) < 4.78 is 6.26. The number of fused-ring (bicyclic) bond motifs is 6. The van der Waals surface area contributed by atoms with Gasteiger partial charge in [-0.05, 0) is 98.3 Å². The van der Waals surface area contributed by atoms with E-state index in [4.69, 9.17) is 21.0 Å². The number of furan rings is 1. The first-order valence-corrected chi connectivity index (χ1v) is 19.7. The van der Waals surface area contributed by atoms with E-state index in [0.717, 1.165) is 100 Å². The largest absolute Gasteiger partial charge is 0.456 e. The quantitative estimate of drug-likeness (QED) is 0.159. The van der Waals surface area contributed by atoms with Crippen molar-refractivity contribution in [1.82, 2.24) is 4.98 Å². The van der Waals surface area contributed by atoms with Gasteiger partial charge in [0.05, 0.1) is 22.6 Å². The monoisotopic (exact) mass is 740 g/mol. The molecule has 0 saturated heterocycles. The fourth-order valence-corrected chi connectivity index (χ4v) is 8.60. The molecule has 0 amide bonds. The van der Waals surface area contributed by atoms with E-state index >= 15 is 0 Å². The van der Waals surface area contributed by atoms with Crippen LogP contribution in [-0.2, 0) is 0 Å². The Labute approximate surface area is 336 Å². The average molecular weight is 741 g/mol. The number of rotatable bonds is 6. The molecule has 0 radical (unpaired) electrons. The van der Waals surface area contributed by atoms with Crippen molar-refractivity contribution in [3.63, 3.8) is 0 Å². The lowest BCUT2D eigenvalue weighted by atomic mass is 9.81. The maximum atomic E-state index is 6.26. The molecular weight excluding hydrogens is 705 g/mol. The van der Waals surface area contributed by atoms with E-state index in [0.29, 0.717) is 0 Å². The van der Waals surface area contributed by atoms with Crippen LogP contribution in [-0.4, -0.2) is 10.7 Å². The molecule has 3 heterocycles. The summed E-state index contributed by atoms with van der Waals surface area (Å²) in [5, 5.41) is 5.74. The molecule has 0 spiro atoms. The van der Waals surface area contributed by atoms with E-state index in [-0.39, 0.29) is 5.92 Å². The summed E-state index contributed by atoms with van der Waals surface area (Å²) in [6, 6.07) is 68.4. The van der Waals surface area contributed by atoms with Gasteiger partial charge >= 0.3 is 0 Å². The van der Waals surface area contributed by atoms with Crippen LogP contribution in [0.3, 0.4) is 0 Å². The molecule has 1 atom stereocenters. The summed E-state index contributed by atoms with van der Waals surface area (Å²) in [5.41, 5.74) is 15.2. The molecule has 58 heavy (non-hydrogen) atoms. The van der Waals surface area contributed by atoms with Crippen molar-refractivity contribution >= 4 is 55.0 Å². The smallest absolute Gasteiger partial charge is 0.135 e. The molecule has 0 saturated carbocycles. The lowest BCUT2D eigenvalue weighted by Crippen LogP contribution is -2.16. The zero-order valence-electron chi connectivity index (χ0n) is 31.6. The number of para-hydroxylation sites is 1. The van der Waals surface area contributed by atoms with Gasteiger partial charge in [-0.1, -0.05) is 158 Å². The fraction of sp³-hybridized carbons (Fsp3) is 0.0182. The second-order valence-corrected chi connectivity index (χ2v) is 15.0. The normalized spacial score (nSPS) is 14.3. The Bertz CT molecular complexity index is 3280. The van der Waals surface area contributed by atoms with Gasteiger partial charge in [-0.25, -0.2) is 9.98 Å². The van der Waals surface area contributed by atoms with E-state index in [1.165, 1.54) is 10.8 Å². The summed E-state index contributed by atoms with van der Waals surface area (Å²) in [5.74, 6) is -0.155. The SMILES string of the molecule is C=C1C(c2ccccc2)=NC(c2ccccc2)=CC1c1cc(-c2ccc3oc4ccccc4c3c2)cc(-c2cc(-c3ccccc3)c3c(ccc4ccccc43)n2)c1. The predicted molar refractivity (Wildman–Crippen MR) is 242 cm³/mol. The van der Waals surface area contributed by atoms with Gasteiger partial charge in [-0.3, -0.25) is 0 Å². The van der Waals surface area contributed by atoms with E-state index in [9.17, 15) is 0 Å². The number of aromatic nitrogens is 1. The van der Waals surface area contributed by atoms with Crippen molar-refractivity contribution in [3.8, 4) is 33.5 Å². The Morgan fingerprint density at radius 2 is 1.12 bits per heavy atom. The van der Waals surface area contributed by atoms with E-state index < -0.39 is 0 Å². The number of hydrogen-bond acceptors (Lipinski definition) is 3. The summed E-state index contributed by atoms with van der Waals surface area (Å²) in [7, 11) is 0. The van der Waals surface area contributed by atoms with Gasteiger partial charge in [0.25, 0.3) is 0 Å². The Balaban J connectivity index is 1.16. The molecule has 1 unspecified atom stereocenters. The van der Waals surface area contributed by atoms with Gasteiger partial charge in [-0.15, -0.1) is 0 Å². The van der Waals surface area contributed by atoms with Gasteiger partial charge in [0, 0.05) is 33.2 Å². The lowest BCUT2D eigenvalue weighted by molar-refractivity contribution is 0.669. The Morgan fingerprint density at radius 3 is 1.91 bits per heavy atom. The fourth-order valence-electron chi connectivity index (χ4n) is 8.60. The highest BCUT2D eigenvalue weighted by Gasteiger charge is 2.26. The van der Waals surface area contributed by atoms with Crippen LogP contribution in [0.25, 0.3) is 82.8 Å². The van der Waals surface area contributed by atoms with Crippen LogP contribution in [0.1, 0.15) is 22.6 Å². The van der Waals surface area contributed by atoms with Crippen LogP contribution in [0.4, 0.5) is 0 Å². The van der Waals surface area contributed by atoms with Gasteiger partial charge in [0.15, 0.2) is 0 Å². The van der Waals surface area contributed by atoms with Crippen LogP contribution in [0.5, 0.6) is 0 Å². The third-order valence-electron chi connectivity index (χ3n) is 11.5. The minimum Gasteiger partial charge on any atom is -0.456 e. The Hall–Kier alpha value is -7.62.